The lowest BCUT2D eigenvalue weighted by molar-refractivity contribution is 0.0767. The number of carbonyl (C=O) groups excluding carboxylic acids is 1. The molecule has 0 spiro atoms. The van der Waals surface area contributed by atoms with Crippen molar-refractivity contribution in [1.82, 2.24) is 14.9 Å². The molecule has 1 aromatic carbocycles. The van der Waals surface area contributed by atoms with Crippen LogP contribution in [0.15, 0.2) is 30.5 Å². The highest BCUT2D eigenvalue weighted by Gasteiger charge is 2.14. The fourth-order valence-corrected chi connectivity index (χ4v) is 1.73. The number of hydrogen-bond donors (Lipinski definition) is 0. The number of rotatable bonds is 3. The molecular formula is C13H15N3O. The quantitative estimate of drug-likeness (QED) is 0.809. The van der Waals surface area contributed by atoms with Gasteiger partial charge in [-0.25, -0.2) is 4.98 Å². The third kappa shape index (κ3) is 2.25. The molecule has 0 atom stereocenters. The Labute approximate surface area is 100 Å². The molecule has 0 saturated heterocycles. The third-order valence-electron chi connectivity index (χ3n) is 2.72. The summed E-state index contributed by atoms with van der Waals surface area (Å²) in [6, 6.07) is 7.54. The summed E-state index contributed by atoms with van der Waals surface area (Å²) in [6.45, 7) is 5.28. The Hall–Kier alpha value is -1.97. The monoisotopic (exact) mass is 229 g/mol. The predicted octanol–water partition coefficient (Wildman–Crippen LogP) is 2.11. The molecule has 0 saturated carbocycles. The zero-order chi connectivity index (χ0) is 12.3. The van der Waals surface area contributed by atoms with Crippen LogP contribution in [0.25, 0.3) is 11.0 Å². The number of aromatic nitrogens is 2. The van der Waals surface area contributed by atoms with Crippen molar-refractivity contribution in [2.75, 3.05) is 13.1 Å². The molecule has 1 aromatic heterocycles. The zero-order valence-electron chi connectivity index (χ0n) is 10.1. The van der Waals surface area contributed by atoms with Gasteiger partial charge in [0, 0.05) is 13.1 Å². The highest BCUT2D eigenvalue weighted by Crippen LogP contribution is 2.09. The van der Waals surface area contributed by atoms with Gasteiger partial charge in [-0.2, -0.15) is 0 Å². The number of nitrogens with zero attached hydrogens (tertiary/aromatic N) is 3. The Kier molecular flexibility index (Phi) is 3.32. The van der Waals surface area contributed by atoms with Crippen molar-refractivity contribution >= 4 is 16.9 Å². The summed E-state index contributed by atoms with van der Waals surface area (Å²) in [5.41, 5.74) is 1.97. The highest BCUT2D eigenvalue weighted by atomic mass is 16.2. The number of para-hydroxylation sites is 2. The molecule has 0 radical (unpaired) electrons. The fraction of sp³-hybridized carbons (Fsp3) is 0.308. The summed E-state index contributed by atoms with van der Waals surface area (Å²) >= 11 is 0. The van der Waals surface area contributed by atoms with E-state index in [1.165, 1.54) is 0 Å². The smallest absolute Gasteiger partial charge is 0.274 e. The zero-order valence-corrected chi connectivity index (χ0v) is 10.1. The van der Waals surface area contributed by atoms with Gasteiger partial charge in [0.15, 0.2) is 0 Å². The van der Waals surface area contributed by atoms with Gasteiger partial charge in [-0.3, -0.25) is 9.78 Å². The normalized spacial score (nSPS) is 10.5. The van der Waals surface area contributed by atoms with E-state index in [0.717, 1.165) is 11.0 Å². The van der Waals surface area contributed by atoms with Gasteiger partial charge in [0.25, 0.3) is 5.91 Å². The first-order chi connectivity index (χ1) is 8.26. The van der Waals surface area contributed by atoms with E-state index in [4.69, 9.17) is 0 Å². The van der Waals surface area contributed by atoms with Crippen LogP contribution in [0, 0.1) is 0 Å². The van der Waals surface area contributed by atoms with Crippen LogP contribution in [0.1, 0.15) is 24.3 Å². The maximum absolute atomic E-state index is 12.1. The summed E-state index contributed by atoms with van der Waals surface area (Å²) < 4.78 is 0. The molecule has 2 rings (SSSR count). The van der Waals surface area contributed by atoms with Gasteiger partial charge in [-0.15, -0.1) is 0 Å². The van der Waals surface area contributed by atoms with Crippen molar-refractivity contribution in [2.24, 2.45) is 0 Å². The van der Waals surface area contributed by atoms with Gasteiger partial charge in [-0.1, -0.05) is 12.1 Å². The first kappa shape index (κ1) is 11.5. The highest BCUT2D eigenvalue weighted by molar-refractivity contribution is 5.93. The van der Waals surface area contributed by atoms with Gasteiger partial charge in [-0.05, 0) is 26.0 Å². The van der Waals surface area contributed by atoms with Crippen LogP contribution in [0.3, 0.4) is 0 Å². The van der Waals surface area contributed by atoms with Crippen molar-refractivity contribution in [2.45, 2.75) is 13.8 Å². The molecule has 1 amide bonds. The van der Waals surface area contributed by atoms with Crippen molar-refractivity contribution in [3.63, 3.8) is 0 Å². The molecule has 2 aromatic rings. The molecule has 4 heteroatoms. The molecule has 0 unspecified atom stereocenters. The summed E-state index contributed by atoms with van der Waals surface area (Å²) in [5, 5.41) is 0. The van der Waals surface area contributed by atoms with E-state index < -0.39 is 0 Å². The average molecular weight is 229 g/mol. The Balaban J connectivity index is 2.39. The van der Waals surface area contributed by atoms with Crippen LogP contribution in [0.4, 0.5) is 0 Å². The molecule has 88 valence electrons. The standard InChI is InChI=1S/C13H15N3O/c1-3-16(4-2)13(17)12-9-14-10-7-5-6-8-11(10)15-12/h5-9H,3-4H2,1-2H3. The van der Waals surface area contributed by atoms with Crippen molar-refractivity contribution in [3.8, 4) is 0 Å². The lowest BCUT2D eigenvalue weighted by atomic mass is 10.3. The number of amides is 1. The second-order valence-electron chi connectivity index (χ2n) is 3.72. The largest absolute Gasteiger partial charge is 0.338 e. The number of benzene rings is 1. The van der Waals surface area contributed by atoms with E-state index in [-0.39, 0.29) is 5.91 Å². The van der Waals surface area contributed by atoms with Crippen LogP contribution in [-0.4, -0.2) is 33.9 Å². The Morgan fingerprint density at radius 3 is 2.47 bits per heavy atom. The number of carbonyl (C=O) groups is 1. The van der Waals surface area contributed by atoms with Crippen LogP contribution >= 0.6 is 0 Å². The van der Waals surface area contributed by atoms with Crippen LogP contribution in [0.2, 0.25) is 0 Å². The van der Waals surface area contributed by atoms with Crippen LogP contribution in [-0.2, 0) is 0 Å². The molecule has 17 heavy (non-hydrogen) atoms. The molecule has 0 aliphatic rings. The SMILES string of the molecule is CCN(CC)C(=O)c1cnc2ccccc2n1. The minimum atomic E-state index is -0.0618. The molecule has 0 aliphatic heterocycles. The van der Waals surface area contributed by atoms with Crippen LogP contribution < -0.4 is 0 Å². The first-order valence-corrected chi connectivity index (χ1v) is 5.77. The second-order valence-corrected chi connectivity index (χ2v) is 3.72. The Morgan fingerprint density at radius 1 is 1.18 bits per heavy atom. The average Bonchev–Trinajstić information content (AvgIpc) is 2.39. The summed E-state index contributed by atoms with van der Waals surface area (Å²) in [4.78, 5) is 22.4. The predicted molar refractivity (Wildman–Crippen MR) is 66.8 cm³/mol. The molecule has 0 fully saturated rings. The molecule has 0 N–H and O–H groups in total. The first-order valence-electron chi connectivity index (χ1n) is 5.77. The van der Waals surface area contributed by atoms with E-state index >= 15 is 0 Å². The maximum Gasteiger partial charge on any atom is 0.274 e. The van der Waals surface area contributed by atoms with E-state index in [1.54, 1.807) is 11.1 Å². The summed E-state index contributed by atoms with van der Waals surface area (Å²) in [5.74, 6) is -0.0618. The van der Waals surface area contributed by atoms with Gasteiger partial charge in [0.2, 0.25) is 0 Å². The van der Waals surface area contributed by atoms with E-state index in [1.807, 2.05) is 38.1 Å². The lowest BCUT2D eigenvalue weighted by Crippen LogP contribution is -2.31. The summed E-state index contributed by atoms with van der Waals surface area (Å²) in [6.07, 6.45) is 1.54. The Morgan fingerprint density at radius 2 is 1.82 bits per heavy atom. The van der Waals surface area contributed by atoms with E-state index in [2.05, 4.69) is 9.97 Å². The topological polar surface area (TPSA) is 46.1 Å². The van der Waals surface area contributed by atoms with Crippen LogP contribution in [0.5, 0.6) is 0 Å². The number of hydrogen-bond acceptors (Lipinski definition) is 3. The Bertz CT molecular complexity index is 535. The van der Waals surface area contributed by atoms with Crippen molar-refractivity contribution < 1.29 is 4.79 Å². The minimum absolute atomic E-state index is 0.0618. The van der Waals surface area contributed by atoms with Gasteiger partial charge in [0.05, 0.1) is 17.2 Å². The van der Waals surface area contributed by atoms with E-state index in [9.17, 15) is 4.79 Å². The van der Waals surface area contributed by atoms with Crippen molar-refractivity contribution in [3.05, 3.63) is 36.2 Å². The number of fused-ring (bicyclic) bond motifs is 1. The van der Waals surface area contributed by atoms with Gasteiger partial charge in [0.1, 0.15) is 5.69 Å². The second kappa shape index (κ2) is 4.91. The third-order valence-corrected chi connectivity index (χ3v) is 2.72. The molecule has 0 aliphatic carbocycles. The molecular weight excluding hydrogens is 214 g/mol. The minimum Gasteiger partial charge on any atom is -0.338 e. The lowest BCUT2D eigenvalue weighted by Gasteiger charge is -2.17. The van der Waals surface area contributed by atoms with E-state index in [0.29, 0.717) is 18.8 Å². The van der Waals surface area contributed by atoms with Gasteiger partial charge < -0.3 is 4.90 Å². The maximum atomic E-state index is 12.1. The fourth-order valence-electron chi connectivity index (χ4n) is 1.73. The molecule has 4 nitrogen and oxygen atoms in total. The summed E-state index contributed by atoms with van der Waals surface area (Å²) in [7, 11) is 0. The van der Waals surface area contributed by atoms with Gasteiger partial charge >= 0.3 is 0 Å². The molecule has 0 bridgehead atoms. The molecule has 1 heterocycles. The van der Waals surface area contributed by atoms with Crippen molar-refractivity contribution in [1.29, 1.82) is 0 Å².